The Kier molecular flexibility index (Phi) is 34.4. The summed E-state index contributed by atoms with van der Waals surface area (Å²) < 4.78 is 0. The molecule has 0 unspecified atom stereocenters. The quantitative estimate of drug-likeness (QED) is 0.317. The summed E-state index contributed by atoms with van der Waals surface area (Å²) in [6, 6.07) is 0. The molecule has 26 heavy (non-hydrogen) atoms. The summed E-state index contributed by atoms with van der Waals surface area (Å²) in [4.78, 5) is 38.0. The summed E-state index contributed by atoms with van der Waals surface area (Å²) in [5, 5.41) is 38.0. The van der Waals surface area contributed by atoms with Crippen molar-refractivity contribution in [2.75, 3.05) is 0 Å². The van der Waals surface area contributed by atoms with Crippen molar-refractivity contribution in [3.63, 3.8) is 0 Å². The van der Waals surface area contributed by atoms with Crippen LogP contribution in [0.2, 0.25) is 0 Å². The molecule has 0 rings (SSSR count). The first-order valence-corrected chi connectivity index (χ1v) is 6.05. The maximum atomic E-state index is 9.49. The molecule has 0 aliphatic heterocycles. The van der Waals surface area contributed by atoms with Crippen LogP contribution in [0.25, 0.3) is 0 Å². The van der Waals surface area contributed by atoms with Crippen LogP contribution in [-0.2, 0) is 53.3 Å². The number of carboxylic acid groups (broad SMARTS) is 4. The maximum Gasteiger partial charge on any atom is 2.00 e. The van der Waals surface area contributed by atoms with Crippen molar-refractivity contribution < 1.29 is 73.7 Å². The molecule has 0 saturated carbocycles. The van der Waals surface area contributed by atoms with E-state index >= 15 is 0 Å². The smallest absolute Gasteiger partial charge is 0.545 e. The second-order valence-electron chi connectivity index (χ2n) is 4.27. The molecule has 0 fully saturated rings. The SMILES string of the molecule is C=C(C)C(=O)[O-].C=C(C)C(=O)[O-].C=C(C)C(=O)[O-].C=C(C)C(=O)[O-].[Cu+2].[Cu+2]. The first-order chi connectivity index (χ1) is 10.6. The summed E-state index contributed by atoms with van der Waals surface area (Å²) in [6.45, 7) is 17.9. The van der Waals surface area contributed by atoms with Gasteiger partial charge in [0.05, 0.1) is 23.9 Å². The number of aliphatic carboxylic acids is 4. The number of carbonyl (C=O) groups excluding carboxylic acids is 4. The molecule has 10 heteroatoms. The van der Waals surface area contributed by atoms with E-state index in [0.29, 0.717) is 0 Å². The van der Waals surface area contributed by atoms with Crippen molar-refractivity contribution in [3.8, 4) is 0 Å². The van der Waals surface area contributed by atoms with Crippen LogP contribution in [0, 0.1) is 0 Å². The molecular weight excluding hydrogens is 447 g/mol. The third kappa shape index (κ3) is 49.5. The molecule has 154 valence electrons. The molecule has 0 saturated heterocycles. The Labute approximate surface area is 173 Å². The fourth-order valence-electron chi connectivity index (χ4n) is 0. The maximum absolute atomic E-state index is 9.49. The summed E-state index contributed by atoms with van der Waals surface area (Å²) in [6.07, 6.45) is 0. The van der Waals surface area contributed by atoms with Gasteiger partial charge >= 0.3 is 34.1 Å². The van der Waals surface area contributed by atoms with Gasteiger partial charge in [-0.05, 0) is 50.0 Å². The predicted molar refractivity (Wildman–Crippen MR) is 79.3 cm³/mol. The van der Waals surface area contributed by atoms with Crippen LogP contribution in [0.1, 0.15) is 27.7 Å². The summed E-state index contributed by atoms with van der Waals surface area (Å²) in [5.41, 5.74) is 0.259. The predicted octanol–water partition coefficient (Wildman–Crippen LogP) is -2.76. The zero-order valence-electron chi connectivity index (χ0n) is 14.7. The summed E-state index contributed by atoms with van der Waals surface area (Å²) in [5.74, 6) is -4.74. The Morgan fingerprint density at radius 2 is 0.500 bits per heavy atom. The van der Waals surface area contributed by atoms with Crippen LogP contribution in [-0.4, -0.2) is 23.9 Å². The van der Waals surface area contributed by atoms with Crippen LogP contribution in [0.5, 0.6) is 0 Å². The number of hydrogen-bond donors (Lipinski definition) is 0. The van der Waals surface area contributed by atoms with Gasteiger partial charge in [-0.3, -0.25) is 0 Å². The minimum atomic E-state index is -1.19. The Bertz CT molecular complexity index is 392. The fourth-order valence-corrected chi connectivity index (χ4v) is 0. The zero-order valence-corrected chi connectivity index (χ0v) is 16.6. The van der Waals surface area contributed by atoms with Crippen molar-refractivity contribution in [2.24, 2.45) is 0 Å². The summed E-state index contributed by atoms with van der Waals surface area (Å²) >= 11 is 0. The average Bonchev–Trinajstić information content (AvgIpc) is 2.40. The first-order valence-electron chi connectivity index (χ1n) is 6.05. The van der Waals surface area contributed by atoms with Gasteiger partial charge in [0, 0.05) is 0 Å². The molecule has 0 amide bonds. The molecule has 2 radical (unpaired) electrons. The van der Waals surface area contributed by atoms with Gasteiger partial charge in [-0.2, -0.15) is 0 Å². The Hall–Kier alpha value is -2.12. The molecule has 0 aromatic rings. The van der Waals surface area contributed by atoms with Crippen molar-refractivity contribution in [1.82, 2.24) is 0 Å². The van der Waals surface area contributed by atoms with Crippen LogP contribution < -0.4 is 20.4 Å². The van der Waals surface area contributed by atoms with E-state index in [1.54, 1.807) is 0 Å². The van der Waals surface area contributed by atoms with Gasteiger partial charge in [-0.1, -0.05) is 26.3 Å². The molecule has 0 aromatic carbocycles. The van der Waals surface area contributed by atoms with Crippen LogP contribution in [0.15, 0.2) is 48.6 Å². The first kappa shape index (κ1) is 39.1. The van der Waals surface area contributed by atoms with E-state index in [-0.39, 0.29) is 56.4 Å². The van der Waals surface area contributed by atoms with Gasteiger partial charge in [0.2, 0.25) is 0 Å². The Morgan fingerprint density at radius 3 is 0.500 bits per heavy atom. The third-order valence-corrected chi connectivity index (χ3v) is 1.39. The Balaban J connectivity index is -0.0000000500. The minimum Gasteiger partial charge on any atom is -0.545 e. The fraction of sp³-hybridized carbons (Fsp3) is 0.250. The van der Waals surface area contributed by atoms with Gasteiger partial charge in [0.25, 0.3) is 0 Å². The molecule has 0 N–H and O–H groups in total. The van der Waals surface area contributed by atoms with Gasteiger partial charge in [-0.15, -0.1) is 0 Å². The molecular formula is C16H20Cu2O8. The number of hydrogen-bond acceptors (Lipinski definition) is 8. The molecule has 8 nitrogen and oxygen atoms in total. The van der Waals surface area contributed by atoms with Crippen molar-refractivity contribution in [1.29, 1.82) is 0 Å². The standard InChI is InChI=1S/4C4H6O2.2Cu/c4*1-3(2)4(5)6;;/h4*1H2,2H3,(H,5,6);;/q;;;;2*+2/p-4. The number of rotatable bonds is 4. The van der Waals surface area contributed by atoms with E-state index in [1.165, 1.54) is 27.7 Å². The number of carbonyl (C=O) groups is 4. The average molecular weight is 467 g/mol. The van der Waals surface area contributed by atoms with Crippen molar-refractivity contribution in [3.05, 3.63) is 48.6 Å². The van der Waals surface area contributed by atoms with E-state index in [1.807, 2.05) is 0 Å². The molecule has 0 aromatic heterocycles. The largest absolute Gasteiger partial charge is 2.00 e. The second kappa shape index (κ2) is 22.9. The van der Waals surface area contributed by atoms with Crippen molar-refractivity contribution in [2.45, 2.75) is 27.7 Å². The summed E-state index contributed by atoms with van der Waals surface area (Å²) in [7, 11) is 0. The van der Waals surface area contributed by atoms with Gasteiger partial charge < -0.3 is 39.6 Å². The molecule has 0 aliphatic carbocycles. The van der Waals surface area contributed by atoms with E-state index in [9.17, 15) is 39.6 Å². The van der Waals surface area contributed by atoms with E-state index in [2.05, 4.69) is 26.3 Å². The monoisotopic (exact) mass is 466 g/mol. The topological polar surface area (TPSA) is 161 Å². The van der Waals surface area contributed by atoms with Crippen LogP contribution >= 0.6 is 0 Å². The minimum absolute atomic E-state index is 0. The molecule has 0 bridgehead atoms. The van der Waals surface area contributed by atoms with E-state index in [4.69, 9.17) is 0 Å². The van der Waals surface area contributed by atoms with Gasteiger partial charge in [0.1, 0.15) is 0 Å². The van der Waals surface area contributed by atoms with E-state index < -0.39 is 23.9 Å². The zero-order chi connectivity index (χ0) is 20.6. The molecule has 0 spiro atoms. The molecule has 0 aliphatic rings. The van der Waals surface area contributed by atoms with Crippen LogP contribution in [0.3, 0.4) is 0 Å². The van der Waals surface area contributed by atoms with E-state index in [0.717, 1.165) is 0 Å². The second-order valence-corrected chi connectivity index (χ2v) is 4.27. The normalized spacial score (nSPS) is 6.92. The molecule has 0 atom stereocenters. The van der Waals surface area contributed by atoms with Gasteiger partial charge in [0.15, 0.2) is 0 Å². The number of carboxylic acids is 4. The van der Waals surface area contributed by atoms with Crippen molar-refractivity contribution >= 4 is 23.9 Å². The van der Waals surface area contributed by atoms with Gasteiger partial charge in [-0.25, -0.2) is 0 Å². The third-order valence-electron chi connectivity index (χ3n) is 1.39. The Morgan fingerprint density at radius 1 is 0.462 bits per heavy atom. The van der Waals surface area contributed by atoms with Crippen LogP contribution in [0.4, 0.5) is 0 Å². The molecule has 0 heterocycles.